The average Bonchev–Trinajstić information content (AvgIpc) is 3.36. The molecule has 0 saturated heterocycles. The number of amides is 1. The Kier molecular flexibility index (Phi) is 10.1. The molecule has 216 valence electrons. The standard InChI is InChI=1S/C30H34ClN5O3S2/c1-21(2)18-35(19-22(3)4)28(37)20-40-30-33-32-29(36(30)24-12-6-5-7-13-24)23-11-10-14-25(17-23)41(38,39)34-27-16-9-8-15-26(27)31/h5-17,21-22,34H,18-20H2,1-4H3. The van der Waals surface area contributed by atoms with E-state index in [9.17, 15) is 13.2 Å². The maximum absolute atomic E-state index is 13.2. The second kappa shape index (κ2) is 13.5. The number of hydrogen-bond acceptors (Lipinski definition) is 6. The number of rotatable bonds is 12. The molecule has 0 bridgehead atoms. The van der Waals surface area contributed by atoms with Crippen molar-refractivity contribution in [3.05, 3.63) is 83.9 Å². The molecule has 41 heavy (non-hydrogen) atoms. The molecule has 0 spiro atoms. The first-order valence-electron chi connectivity index (χ1n) is 13.3. The summed E-state index contributed by atoms with van der Waals surface area (Å²) in [4.78, 5) is 15.2. The number of nitrogens with one attached hydrogen (secondary N) is 1. The van der Waals surface area contributed by atoms with Gasteiger partial charge in [-0.25, -0.2) is 8.42 Å². The maximum atomic E-state index is 13.2. The van der Waals surface area contributed by atoms with Crippen LogP contribution in [0.1, 0.15) is 27.7 Å². The topological polar surface area (TPSA) is 97.2 Å². The van der Waals surface area contributed by atoms with Gasteiger partial charge in [-0.3, -0.25) is 14.1 Å². The van der Waals surface area contributed by atoms with Crippen LogP contribution in [0.15, 0.2) is 88.9 Å². The van der Waals surface area contributed by atoms with Gasteiger partial charge in [0.15, 0.2) is 11.0 Å². The summed E-state index contributed by atoms with van der Waals surface area (Å²) in [7, 11) is -3.94. The van der Waals surface area contributed by atoms with Crippen molar-refractivity contribution in [2.24, 2.45) is 11.8 Å². The van der Waals surface area contributed by atoms with E-state index in [4.69, 9.17) is 11.6 Å². The Bertz CT molecular complexity index is 1580. The van der Waals surface area contributed by atoms with Gasteiger partial charge in [0.25, 0.3) is 10.0 Å². The predicted octanol–water partition coefficient (Wildman–Crippen LogP) is 6.62. The highest BCUT2D eigenvalue weighted by molar-refractivity contribution is 7.99. The van der Waals surface area contributed by atoms with Crippen LogP contribution in [0.25, 0.3) is 17.1 Å². The summed E-state index contributed by atoms with van der Waals surface area (Å²) < 4.78 is 30.9. The molecule has 1 amide bonds. The first kappa shape index (κ1) is 30.6. The van der Waals surface area contributed by atoms with Gasteiger partial charge < -0.3 is 4.90 Å². The summed E-state index contributed by atoms with van der Waals surface area (Å²) in [5, 5.41) is 9.69. The van der Waals surface area contributed by atoms with Gasteiger partial charge in [-0.1, -0.05) is 93.5 Å². The fourth-order valence-corrected chi connectivity index (χ4v) is 6.51. The third-order valence-corrected chi connectivity index (χ3v) is 8.62. The van der Waals surface area contributed by atoms with E-state index in [0.717, 1.165) is 5.69 Å². The Balaban J connectivity index is 1.66. The van der Waals surface area contributed by atoms with Gasteiger partial charge in [0.2, 0.25) is 5.91 Å². The summed E-state index contributed by atoms with van der Waals surface area (Å²) >= 11 is 7.49. The second-order valence-electron chi connectivity index (χ2n) is 10.5. The van der Waals surface area contributed by atoms with Crippen LogP contribution in [0.5, 0.6) is 0 Å². The number of carbonyl (C=O) groups excluding carboxylic acids is 1. The number of hydrogen-bond donors (Lipinski definition) is 1. The van der Waals surface area contributed by atoms with Crippen LogP contribution in [0.3, 0.4) is 0 Å². The second-order valence-corrected chi connectivity index (χ2v) is 13.5. The number of thioether (sulfide) groups is 1. The largest absolute Gasteiger partial charge is 0.341 e. The van der Waals surface area contributed by atoms with Gasteiger partial charge in [-0.05, 0) is 48.2 Å². The first-order valence-corrected chi connectivity index (χ1v) is 16.2. The normalized spacial score (nSPS) is 11.7. The fraction of sp³-hybridized carbons (Fsp3) is 0.300. The smallest absolute Gasteiger partial charge is 0.261 e. The Hall–Kier alpha value is -3.34. The number of sulfonamides is 1. The molecule has 1 aromatic heterocycles. The summed E-state index contributed by atoms with van der Waals surface area (Å²) in [5.41, 5.74) is 1.65. The van der Waals surface area contributed by atoms with Gasteiger partial charge in [0.1, 0.15) is 0 Å². The molecule has 0 atom stereocenters. The van der Waals surface area contributed by atoms with Gasteiger partial charge in [0, 0.05) is 24.3 Å². The number of nitrogens with zero attached hydrogens (tertiary/aromatic N) is 4. The van der Waals surface area contributed by atoms with E-state index in [-0.39, 0.29) is 16.6 Å². The van der Waals surface area contributed by atoms with Crippen LogP contribution in [-0.2, 0) is 14.8 Å². The molecule has 3 aromatic carbocycles. The van der Waals surface area contributed by atoms with Gasteiger partial charge in [-0.2, -0.15) is 0 Å². The number of anilines is 1. The number of aromatic nitrogens is 3. The predicted molar refractivity (Wildman–Crippen MR) is 166 cm³/mol. The third-order valence-electron chi connectivity index (χ3n) is 6.02. The number of para-hydroxylation sites is 2. The minimum absolute atomic E-state index is 0.0419. The maximum Gasteiger partial charge on any atom is 0.261 e. The van der Waals surface area contributed by atoms with Crippen molar-refractivity contribution in [2.45, 2.75) is 37.7 Å². The minimum Gasteiger partial charge on any atom is -0.341 e. The molecule has 0 unspecified atom stereocenters. The molecule has 0 aliphatic rings. The van der Waals surface area contributed by atoms with Crippen molar-refractivity contribution in [3.63, 3.8) is 0 Å². The zero-order chi connectivity index (χ0) is 29.6. The van der Waals surface area contributed by atoms with E-state index in [1.807, 2.05) is 39.8 Å². The lowest BCUT2D eigenvalue weighted by Gasteiger charge is -2.26. The van der Waals surface area contributed by atoms with Gasteiger partial charge in [0.05, 0.1) is 21.4 Å². The van der Waals surface area contributed by atoms with Crippen molar-refractivity contribution in [1.29, 1.82) is 0 Å². The molecule has 1 heterocycles. The lowest BCUT2D eigenvalue weighted by atomic mass is 10.1. The van der Waals surface area contributed by atoms with Crippen molar-refractivity contribution >= 4 is 45.0 Å². The molecule has 0 fully saturated rings. The molecule has 4 rings (SSSR count). The SMILES string of the molecule is CC(C)CN(CC(C)C)C(=O)CSc1nnc(-c2cccc(S(=O)(=O)Nc3ccccc3Cl)c2)n1-c1ccccc1. The molecule has 8 nitrogen and oxygen atoms in total. The van der Waals surface area contributed by atoms with Gasteiger partial charge in [-0.15, -0.1) is 10.2 Å². The lowest BCUT2D eigenvalue weighted by Crippen LogP contribution is -2.38. The Labute approximate surface area is 251 Å². The summed E-state index contributed by atoms with van der Waals surface area (Å²) in [6.07, 6.45) is 0. The number of benzene rings is 3. The van der Waals surface area contributed by atoms with Crippen LogP contribution < -0.4 is 4.72 Å². The summed E-state index contributed by atoms with van der Waals surface area (Å²) in [6, 6.07) is 22.7. The molecule has 11 heteroatoms. The van der Waals surface area contributed by atoms with E-state index in [2.05, 4.69) is 42.6 Å². The van der Waals surface area contributed by atoms with E-state index in [1.165, 1.54) is 17.8 Å². The highest BCUT2D eigenvalue weighted by atomic mass is 35.5. The molecular formula is C30H34ClN5O3S2. The molecule has 0 aliphatic heterocycles. The Morgan fingerprint density at radius 1 is 0.927 bits per heavy atom. The van der Waals surface area contributed by atoms with Crippen molar-refractivity contribution in [2.75, 3.05) is 23.6 Å². The molecule has 0 aliphatic carbocycles. The zero-order valence-corrected chi connectivity index (χ0v) is 25.9. The van der Waals surface area contributed by atoms with Crippen LogP contribution in [0.2, 0.25) is 5.02 Å². The number of carbonyl (C=O) groups is 1. The Morgan fingerprint density at radius 2 is 1.59 bits per heavy atom. The van der Waals surface area contributed by atoms with Crippen molar-refractivity contribution in [1.82, 2.24) is 19.7 Å². The summed E-state index contributed by atoms with van der Waals surface area (Å²) in [6.45, 7) is 9.79. The average molecular weight is 612 g/mol. The van der Waals surface area contributed by atoms with E-state index in [1.54, 1.807) is 42.5 Å². The molecule has 1 N–H and O–H groups in total. The van der Waals surface area contributed by atoms with Crippen LogP contribution in [0.4, 0.5) is 5.69 Å². The lowest BCUT2D eigenvalue weighted by molar-refractivity contribution is -0.129. The molecule has 4 aromatic rings. The van der Waals surface area contributed by atoms with E-state index >= 15 is 0 Å². The third kappa shape index (κ3) is 7.90. The molecule has 0 radical (unpaired) electrons. The highest BCUT2D eigenvalue weighted by Gasteiger charge is 2.22. The van der Waals surface area contributed by atoms with E-state index < -0.39 is 10.0 Å². The fourth-order valence-electron chi connectivity index (χ4n) is 4.29. The van der Waals surface area contributed by atoms with Crippen molar-refractivity contribution in [3.8, 4) is 17.1 Å². The highest BCUT2D eigenvalue weighted by Crippen LogP contribution is 2.30. The van der Waals surface area contributed by atoms with Crippen LogP contribution in [-0.4, -0.2) is 52.8 Å². The molecular weight excluding hydrogens is 578 g/mol. The Morgan fingerprint density at radius 3 is 2.24 bits per heavy atom. The monoisotopic (exact) mass is 611 g/mol. The number of halogens is 1. The van der Waals surface area contributed by atoms with E-state index in [0.29, 0.717) is 52.2 Å². The quantitative estimate of drug-likeness (QED) is 0.181. The molecule has 0 saturated carbocycles. The van der Waals surface area contributed by atoms with Crippen LogP contribution in [0, 0.1) is 11.8 Å². The van der Waals surface area contributed by atoms with Gasteiger partial charge >= 0.3 is 0 Å². The van der Waals surface area contributed by atoms with Crippen LogP contribution >= 0.6 is 23.4 Å². The minimum atomic E-state index is -3.94. The zero-order valence-electron chi connectivity index (χ0n) is 23.5. The first-order chi connectivity index (χ1) is 19.5. The van der Waals surface area contributed by atoms with Crippen molar-refractivity contribution < 1.29 is 13.2 Å². The summed E-state index contributed by atoms with van der Waals surface area (Å²) in [5.74, 6) is 1.43.